The number of hydrogen-bond donors (Lipinski definition) is 0. The number of hydrogen-bond acceptors (Lipinski definition) is 3. The molecule has 2 aromatic carbocycles. The van der Waals surface area contributed by atoms with Crippen molar-refractivity contribution in [1.29, 1.82) is 0 Å². The Labute approximate surface area is 138 Å². The number of fused-ring (bicyclic) bond motifs is 1. The van der Waals surface area contributed by atoms with Crippen molar-refractivity contribution in [1.82, 2.24) is 0 Å². The maximum atomic E-state index is 12.9. The van der Waals surface area contributed by atoms with Gasteiger partial charge in [-0.2, -0.15) is 11.8 Å². The van der Waals surface area contributed by atoms with Crippen molar-refractivity contribution in [3.63, 3.8) is 0 Å². The largest absolute Gasteiger partial charge is 0.423 e. The molecule has 0 fully saturated rings. The second-order valence-corrected chi connectivity index (χ2v) is 6.63. The molecule has 0 saturated carbocycles. The first-order chi connectivity index (χ1) is 11.0. The lowest BCUT2D eigenvalue weighted by atomic mass is 10.0. The molecule has 0 unspecified atom stereocenters. The van der Waals surface area contributed by atoms with E-state index in [9.17, 15) is 9.18 Å². The molecule has 0 saturated heterocycles. The van der Waals surface area contributed by atoms with Crippen LogP contribution >= 0.6 is 11.8 Å². The van der Waals surface area contributed by atoms with E-state index in [0.29, 0.717) is 11.3 Å². The van der Waals surface area contributed by atoms with Crippen LogP contribution in [0.5, 0.6) is 0 Å². The van der Waals surface area contributed by atoms with Gasteiger partial charge in [0.1, 0.15) is 11.4 Å². The number of aryl methyl sites for hydroxylation is 2. The van der Waals surface area contributed by atoms with Gasteiger partial charge in [0.05, 0.1) is 0 Å². The lowest BCUT2D eigenvalue weighted by molar-refractivity contribution is 0.559. The summed E-state index contributed by atoms with van der Waals surface area (Å²) < 4.78 is 18.2. The second-order valence-electron chi connectivity index (χ2n) is 5.64. The molecule has 1 aromatic heterocycles. The lowest BCUT2D eigenvalue weighted by Crippen LogP contribution is -2.00. The molecule has 0 aliphatic rings. The third-order valence-corrected chi connectivity index (χ3v) is 4.94. The first-order valence-corrected chi connectivity index (χ1v) is 8.54. The van der Waals surface area contributed by atoms with Crippen molar-refractivity contribution in [2.75, 3.05) is 0 Å². The smallest absolute Gasteiger partial charge is 0.336 e. The summed E-state index contributed by atoms with van der Waals surface area (Å²) in [4.78, 5) is 11.8. The Bertz CT molecular complexity index is 898. The summed E-state index contributed by atoms with van der Waals surface area (Å²) in [6, 6.07) is 12.1. The molecule has 0 bridgehead atoms. The molecular weight excluding hydrogens is 311 g/mol. The van der Waals surface area contributed by atoms with Crippen LogP contribution in [-0.4, -0.2) is 0 Å². The van der Waals surface area contributed by atoms with Crippen LogP contribution < -0.4 is 5.63 Å². The van der Waals surface area contributed by atoms with Gasteiger partial charge in [-0.1, -0.05) is 12.1 Å². The van der Waals surface area contributed by atoms with Gasteiger partial charge in [-0.25, -0.2) is 9.18 Å². The van der Waals surface area contributed by atoms with Crippen molar-refractivity contribution < 1.29 is 8.81 Å². The van der Waals surface area contributed by atoms with Crippen LogP contribution in [0.15, 0.2) is 51.7 Å². The fourth-order valence-corrected chi connectivity index (χ4v) is 3.45. The van der Waals surface area contributed by atoms with Gasteiger partial charge in [0.2, 0.25) is 0 Å². The summed E-state index contributed by atoms with van der Waals surface area (Å²) in [5.74, 6) is 1.26. The molecule has 1 heterocycles. The molecule has 118 valence electrons. The fraction of sp³-hybridized carbons (Fsp3) is 0.211. The third-order valence-electron chi connectivity index (χ3n) is 3.88. The Morgan fingerprint density at radius 3 is 2.43 bits per heavy atom. The van der Waals surface area contributed by atoms with E-state index < -0.39 is 0 Å². The summed E-state index contributed by atoms with van der Waals surface area (Å²) in [6.07, 6.45) is 0. The number of rotatable bonds is 4. The highest BCUT2D eigenvalue weighted by molar-refractivity contribution is 7.97. The summed E-state index contributed by atoms with van der Waals surface area (Å²) >= 11 is 1.70. The molecule has 0 amide bonds. The molecule has 0 aliphatic heterocycles. The Hall–Kier alpha value is -2.07. The van der Waals surface area contributed by atoms with Crippen molar-refractivity contribution in [2.24, 2.45) is 0 Å². The Morgan fingerprint density at radius 2 is 1.70 bits per heavy atom. The van der Waals surface area contributed by atoms with Crippen LogP contribution in [-0.2, 0) is 11.5 Å². The van der Waals surface area contributed by atoms with Crippen molar-refractivity contribution in [3.8, 4) is 0 Å². The van der Waals surface area contributed by atoms with Gasteiger partial charge in [0, 0.05) is 23.0 Å². The molecule has 3 rings (SSSR count). The summed E-state index contributed by atoms with van der Waals surface area (Å²) in [7, 11) is 0. The van der Waals surface area contributed by atoms with Gasteiger partial charge in [-0.3, -0.25) is 0 Å². The third kappa shape index (κ3) is 3.64. The van der Waals surface area contributed by atoms with E-state index in [1.807, 2.05) is 13.0 Å². The molecule has 2 nitrogen and oxygen atoms in total. The van der Waals surface area contributed by atoms with Crippen LogP contribution in [0.1, 0.15) is 22.3 Å². The highest BCUT2D eigenvalue weighted by Gasteiger charge is 2.08. The minimum Gasteiger partial charge on any atom is -0.423 e. The molecule has 0 atom stereocenters. The highest BCUT2D eigenvalue weighted by Crippen LogP contribution is 2.26. The monoisotopic (exact) mass is 328 g/mol. The SMILES string of the molecule is Cc1cc2oc(=O)cc(CSCc3ccc(F)cc3)c2cc1C. The zero-order valence-corrected chi connectivity index (χ0v) is 13.9. The minimum absolute atomic E-state index is 0.226. The number of benzene rings is 2. The Balaban J connectivity index is 1.83. The summed E-state index contributed by atoms with van der Waals surface area (Å²) in [6.45, 7) is 4.06. The minimum atomic E-state index is -0.321. The molecule has 3 aromatic rings. The van der Waals surface area contributed by atoms with E-state index in [2.05, 4.69) is 13.0 Å². The predicted molar refractivity (Wildman–Crippen MR) is 93.4 cm³/mol. The van der Waals surface area contributed by atoms with Crippen molar-refractivity contribution in [2.45, 2.75) is 25.4 Å². The van der Waals surface area contributed by atoms with Crippen LogP contribution in [0, 0.1) is 19.7 Å². The topological polar surface area (TPSA) is 30.2 Å². The van der Waals surface area contributed by atoms with Crippen LogP contribution in [0.2, 0.25) is 0 Å². The highest BCUT2D eigenvalue weighted by atomic mass is 32.2. The molecule has 0 N–H and O–H groups in total. The van der Waals surface area contributed by atoms with Gasteiger partial charge in [0.15, 0.2) is 0 Å². The first-order valence-electron chi connectivity index (χ1n) is 7.39. The maximum absolute atomic E-state index is 12.9. The Kier molecular flexibility index (Phi) is 4.53. The van der Waals surface area contributed by atoms with Gasteiger partial charge in [-0.15, -0.1) is 0 Å². The first kappa shape index (κ1) is 15.8. The van der Waals surface area contributed by atoms with Gasteiger partial charge < -0.3 is 4.42 Å². The molecule has 23 heavy (non-hydrogen) atoms. The molecule has 0 aliphatic carbocycles. The van der Waals surface area contributed by atoms with E-state index in [0.717, 1.165) is 27.8 Å². The van der Waals surface area contributed by atoms with E-state index in [-0.39, 0.29) is 11.4 Å². The lowest BCUT2D eigenvalue weighted by Gasteiger charge is -2.08. The molecule has 4 heteroatoms. The van der Waals surface area contributed by atoms with E-state index >= 15 is 0 Å². The van der Waals surface area contributed by atoms with Gasteiger partial charge in [-0.05, 0) is 60.4 Å². The van der Waals surface area contributed by atoms with Crippen molar-refractivity contribution in [3.05, 3.63) is 81.0 Å². The van der Waals surface area contributed by atoms with Crippen LogP contribution in [0.3, 0.4) is 0 Å². The molecule has 0 spiro atoms. The van der Waals surface area contributed by atoms with E-state index in [4.69, 9.17) is 4.42 Å². The van der Waals surface area contributed by atoms with Crippen LogP contribution in [0.4, 0.5) is 4.39 Å². The average Bonchev–Trinajstić information content (AvgIpc) is 2.51. The van der Waals surface area contributed by atoms with Crippen molar-refractivity contribution >= 4 is 22.7 Å². The average molecular weight is 328 g/mol. The predicted octanol–water partition coefficient (Wildman–Crippen LogP) is 4.98. The quantitative estimate of drug-likeness (QED) is 0.633. The van der Waals surface area contributed by atoms with Gasteiger partial charge >= 0.3 is 5.63 Å². The molecule has 0 radical (unpaired) electrons. The summed E-state index contributed by atoms with van der Waals surface area (Å²) in [5, 5.41) is 0.985. The zero-order chi connectivity index (χ0) is 16.4. The second kappa shape index (κ2) is 6.59. The maximum Gasteiger partial charge on any atom is 0.336 e. The molecular formula is C19H17FO2S. The van der Waals surface area contributed by atoms with Gasteiger partial charge in [0.25, 0.3) is 0 Å². The standard InChI is InChI=1S/C19H17FO2S/c1-12-7-17-15(9-19(21)22-18(17)8-13(12)2)11-23-10-14-3-5-16(20)6-4-14/h3-9H,10-11H2,1-2H3. The zero-order valence-electron chi connectivity index (χ0n) is 13.1. The van der Waals surface area contributed by atoms with E-state index in [1.54, 1.807) is 30.0 Å². The Morgan fingerprint density at radius 1 is 1.00 bits per heavy atom. The fourth-order valence-electron chi connectivity index (χ4n) is 2.46. The van der Waals surface area contributed by atoms with E-state index in [1.165, 1.54) is 17.7 Å². The van der Waals surface area contributed by atoms with Crippen LogP contribution in [0.25, 0.3) is 11.0 Å². The normalized spacial score (nSPS) is 11.1. The number of halogens is 1. The number of thioether (sulfide) groups is 1. The summed E-state index contributed by atoms with van der Waals surface area (Å²) in [5.41, 5.74) is 4.64.